The summed E-state index contributed by atoms with van der Waals surface area (Å²) in [4.78, 5) is 24.0. The van der Waals surface area contributed by atoms with Gasteiger partial charge in [-0.05, 0) is 24.6 Å². The summed E-state index contributed by atoms with van der Waals surface area (Å²) in [5, 5.41) is 8.74. The van der Waals surface area contributed by atoms with E-state index in [1.54, 1.807) is 18.2 Å². The molecular weight excluding hydrogens is 250 g/mol. The number of fused-ring (bicyclic) bond motifs is 1. The summed E-state index contributed by atoms with van der Waals surface area (Å²) in [5.41, 5.74) is 12.2. The van der Waals surface area contributed by atoms with Gasteiger partial charge in [0.05, 0.1) is 5.69 Å². The minimum atomic E-state index is -1.09. The number of nitrogen functional groups attached to an aromatic ring is 1. The molecule has 0 saturated carbocycles. The van der Waals surface area contributed by atoms with E-state index < -0.39 is 12.0 Å². The van der Waals surface area contributed by atoms with Crippen LogP contribution in [0.15, 0.2) is 18.2 Å². The van der Waals surface area contributed by atoms with Crippen LogP contribution in [0.25, 0.3) is 0 Å². The van der Waals surface area contributed by atoms with E-state index in [0.29, 0.717) is 17.1 Å². The van der Waals surface area contributed by atoms with Crippen molar-refractivity contribution in [2.24, 2.45) is 5.73 Å². The number of hydrogen-bond donors (Lipinski definition) is 3. The van der Waals surface area contributed by atoms with E-state index >= 15 is 0 Å². The van der Waals surface area contributed by atoms with Gasteiger partial charge < -0.3 is 26.2 Å². The molecular formula is C12H15N3O4. The smallest absolute Gasteiger partial charge is 0.320 e. The van der Waals surface area contributed by atoms with E-state index in [4.69, 9.17) is 21.3 Å². The first-order chi connectivity index (χ1) is 8.99. The fourth-order valence-corrected chi connectivity index (χ4v) is 1.86. The van der Waals surface area contributed by atoms with Gasteiger partial charge in [-0.3, -0.25) is 9.59 Å². The number of carboxylic acid groups (broad SMARTS) is 1. The summed E-state index contributed by atoms with van der Waals surface area (Å²) in [6.07, 6.45) is 0.162. The molecule has 19 heavy (non-hydrogen) atoms. The zero-order valence-electron chi connectivity index (χ0n) is 10.2. The summed E-state index contributed by atoms with van der Waals surface area (Å²) in [5.74, 6) is -0.776. The van der Waals surface area contributed by atoms with Crippen LogP contribution in [0.2, 0.25) is 0 Å². The van der Waals surface area contributed by atoms with Crippen LogP contribution in [0.5, 0.6) is 5.75 Å². The number of carbonyl (C=O) groups is 2. The number of hydrogen-bond acceptors (Lipinski definition) is 5. The number of amides is 1. The Hall–Kier alpha value is -2.28. The van der Waals surface area contributed by atoms with E-state index in [2.05, 4.69) is 0 Å². The first-order valence-corrected chi connectivity index (χ1v) is 5.80. The molecule has 1 aliphatic rings. The molecule has 1 heterocycles. The van der Waals surface area contributed by atoms with Crippen molar-refractivity contribution in [1.29, 1.82) is 0 Å². The zero-order valence-corrected chi connectivity index (χ0v) is 10.2. The molecule has 2 rings (SSSR count). The van der Waals surface area contributed by atoms with Gasteiger partial charge in [-0.2, -0.15) is 0 Å². The van der Waals surface area contributed by atoms with Gasteiger partial charge in [0.15, 0.2) is 6.61 Å². The Bertz CT molecular complexity index is 518. The predicted octanol–water partition coefficient (Wildman–Crippen LogP) is -0.204. The number of carboxylic acids is 1. The summed E-state index contributed by atoms with van der Waals surface area (Å²) < 4.78 is 5.28. The highest BCUT2D eigenvalue weighted by molar-refractivity contribution is 5.98. The van der Waals surface area contributed by atoms with Gasteiger partial charge in [0, 0.05) is 12.2 Å². The second-order valence-electron chi connectivity index (χ2n) is 4.29. The molecule has 1 unspecified atom stereocenters. The standard InChI is InChI=1S/C12H15N3O4/c13-7-1-2-10-9(5-7)15(11(16)6-19-10)4-3-8(14)12(17)18/h1-2,5,8H,3-4,6,13-14H2,(H,17,18). The number of nitrogens with zero attached hydrogens (tertiary/aromatic N) is 1. The van der Waals surface area contributed by atoms with Crippen molar-refractivity contribution in [2.75, 3.05) is 23.8 Å². The third-order valence-corrected chi connectivity index (χ3v) is 2.91. The van der Waals surface area contributed by atoms with Crippen molar-refractivity contribution in [1.82, 2.24) is 0 Å². The Morgan fingerprint density at radius 1 is 1.53 bits per heavy atom. The molecule has 0 fully saturated rings. The molecule has 1 atom stereocenters. The van der Waals surface area contributed by atoms with Crippen LogP contribution in [0.4, 0.5) is 11.4 Å². The number of rotatable bonds is 4. The Kier molecular flexibility index (Phi) is 3.57. The van der Waals surface area contributed by atoms with Crippen LogP contribution in [-0.2, 0) is 9.59 Å². The molecule has 0 radical (unpaired) electrons. The average molecular weight is 265 g/mol. The maximum atomic E-state index is 11.8. The minimum Gasteiger partial charge on any atom is -0.482 e. The van der Waals surface area contributed by atoms with Gasteiger partial charge in [-0.1, -0.05) is 0 Å². The molecule has 0 aliphatic carbocycles. The molecule has 5 N–H and O–H groups in total. The number of anilines is 2. The lowest BCUT2D eigenvalue weighted by molar-refractivity contribution is -0.138. The molecule has 1 amide bonds. The molecule has 7 nitrogen and oxygen atoms in total. The highest BCUT2D eigenvalue weighted by atomic mass is 16.5. The average Bonchev–Trinajstić information content (AvgIpc) is 2.37. The van der Waals surface area contributed by atoms with Crippen LogP contribution in [-0.4, -0.2) is 36.2 Å². The predicted molar refractivity (Wildman–Crippen MR) is 68.9 cm³/mol. The monoisotopic (exact) mass is 265 g/mol. The molecule has 1 aromatic carbocycles. The van der Waals surface area contributed by atoms with Crippen molar-refractivity contribution in [2.45, 2.75) is 12.5 Å². The van der Waals surface area contributed by atoms with Crippen LogP contribution in [0, 0.1) is 0 Å². The molecule has 0 aromatic heterocycles. The third kappa shape index (κ3) is 2.76. The lowest BCUT2D eigenvalue weighted by Crippen LogP contribution is -2.42. The number of carbonyl (C=O) groups excluding carboxylic acids is 1. The normalized spacial score (nSPS) is 15.6. The highest BCUT2D eigenvalue weighted by Crippen LogP contribution is 2.33. The first kappa shape index (κ1) is 13.2. The summed E-state index contributed by atoms with van der Waals surface area (Å²) in [7, 11) is 0. The Morgan fingerprint density at radius 2 is 2.26 bits per heavy atom. The summed E-state index contributed by atoms with van der Waals surface area (Å²) >= 11 is 0. The van der Waals surface area contributed by atoms with E-state index in [9.17, 15) is 9.59 Å². The maximum Gasteiger partial charge on any atom is 0.320 e. The second-order valence-corrected chi connectivity index (χ2v) is 4.29. The van der Waals surface area contributed by atoms with Crippen molar-refractivity contribution < 1.29 is 19.4 Å². The minimum absolute atomic E-state index is 0.0702. The van der Waals surface area contributed by atoms with Gasteiger partial charge in [0.1, 0.15) is 11.8 Å². The molecule has 1 aromatic rings. The molecule has 1 aliphatic heterocycles. The van der Waals surface area contributed by atoms with Gasteiger partial charge >= 0.3 is 5.97 Å². The van der Waals surface area contributed by atoms with E-state index in [0.717, 1.165) is 0 Å². The van der Waals surface area contributed by atoms with E-state index in [1.807, 2.05) is 0 Å². The Labute approximate surface area is 109 Å². The van der Waals surface area contributed by atoms with Gasteiger partial charge in [-0.15, -0.1) is 0 Å². The van der Waals surface area contributed by atoms with Gasteiger partial charge in [0.2, 0.25) is 0 Å². The van der Waals surface area contributed by atoms with E-state index in [1.165, 1.54) is 4.90 Å². The lowest BCUT2D eigenvalue weighted by Gasteiger charge is -2.30. The fraction of sp³-hybridized carbons (Fsp3) is 0.333. The van der Waals surface area contributed by atoms with Crippen LogP contribution >= 0.6 is 0 Å². The fourth-order valence-electron chi connectivity index (χ4n) is 1.86. The second kappa shape index (κ2) is 5.15. The van der Waals surface area contributed by atoms with Crippen LogP contribution in [0.3, 0.4) is 0 Å². The zero-order chi connectivity index (χ0) is 14.0. The largest absolute Gasteiger partial charge is 0.482 e. The van der Waals surface area contributed by atoms with Crippen LogP contribution < -0.4 is 21.1 Å². The lowest BCUT2D eigenvalue weighted by atomic mass is 10.1. The quantitative estimate of drug-likeness (QED) is 0.648. The topological polar surface area (TPSA) is 119 Å². The van der Waals surface area contributed by atoms with E-state index in [-0.39, 0.29) is 25.5 Å². The number of nitrogens with two attached hydrogens (primary N) is 2. The maximum absolute atomic E-state index is 11.8. The molecule has 7 heteroatoms. The first-order valence-electron chi connectivity index (χ1n) is 5.80. The number of ether oxygens (including phenoxy) is 1. The third-order valence-electron chi connectivity index (χ3n) is 2.91. The number of aliphatic carboxylic acids is 1. The Balaban J connectivity index is 2.18. The molecule has 102 valence electrons. The summed E-state index contributed by atoms with van der Waals surface area (Å²) in [6.45, 7) is 0.144. The Morgan fingerprint density at radius 3 is 2.95 bits per heavy atom. The molecule has 0 spiro atoms. The van der Waals surface area contributed by atoms with Crippen molar-refractivity contribution in [3.8, 4) is 5.75 Å². The SMILES string of the molecule is Nc1ccc2c(c1)N(CCC(N)C(=O)O)C(=O)CO2. The van der Waals surface area contributed by atoms with Crippen molar-refractivity contribution >= 4 is 23.3 Å². The highest BCUT2D eigenvalue weighted by Gasteiger charge is 2.26. The molecule has 0 bridgehead atoms. The summed E-state index contributed by atoms with van der Waals surface area (Å²) in [6, 6.07) is 3.98. The van der Waals surface area contributed by atoms with Crippen molar-refractivity contribution in [3.05, 3.63) is 18.2 Å². The van der Waals surface area contributed by atoms with Gasteiger partial charge in [-0.25, -0.2) is 0 Å². The van der Waals surface area contributed by atoms with Crippen LogP contribution in [0.1, 0.15) is 6.42 Å². The number of benzene rings is 1. The van der Waals surface area contributed by atoms with Crippen molar-refractivity contribution in [3.63, 3.8) is 0 Å². The van der Waals surface area contributed by atoms with Gasteiger partial charge in [0.25, 0.3) is 5.91 Å². The molecule has 0 saturated heterocycles.